The zero-order chi connectivity index (χ0) is 42.3. The second-order valence-electron chi connectivity index (χ2n) is 15.8. The average molecular weight is 824 g/mol. The van der Waals surface area contributed by atoms with Gasteiger partial charge in [0, 0.05) is 12.8 Å². The number of hydrogen-bond acceptors (Lipinski definition) is 9. The molecule has 0 aliphatic carbocycles. The SMILES string of the molecule is CCCCCC/C=C\CCCCCCCCCC(=O)OC[C@H](COP(=O)([O-])OCC[N+](C)(C)C)OC(=O)CCC/C=C\C/C=C\C/C=C\C/C=C\CC[C@H](O)CC. The summed E-state index contributed by atoms with van der Waals surface area (Å²) in [6.45, 7) is 3.84. The number of ether oxygens (including phenoxy) is 2. The van der Waals surface area contributed by atoms with Gasteiger partial charge in [0.25, 0.3) is 7.82 Å². The zero-order valence-electron chi connectivity index (χ0n) is 36.6. The molecule has 0 heterocycles. The highest BCUT2D eigenvalue weighted by Gasteiger charge is 2.21. The third-order valence-corrected chi connectivity index (χ3v) is 10.1. The number of phosphoric ester groups is 1. The van der Waals surface area contributed by atoms with Gasteiger partial charge in [-0.05, 0) is 83.5 Å². The van der Waals surface area contributed by atoms with Gasteiger partial charge >= 0.3 is 11.9 Å². The Hall–Kier alpha value is -2.33. The van der Waals surface area contributed by atoms with Gasteiger partial charge in [-0.1, -0.05) is 126 Å². The highest BCUT2D eigenvalue weighted by atomic mass is 31.2. The van der Waals surface area contributed by atoms with Crippen molar-refractivity contribution in [3.8, 4) is 0 Å². The molecule has 0 bridgehead atoms. The number of nitrogens with zero attached hydrogens (tertiary/aromatic N) is 1. The number of aliphatic hydroxyl groups excluding tert-OH is 1. The van der Waals surface area contributed by atoms with Crippen LogP contribution in [0.25, 0.3) is 0 Å². The maximum atomic E-state index is 12.6. The van der Waals surface area contributed by atoms with Gasteiger partial charge in [0.05, 0.1) is 33.9 Å². The minimum absolute atomic E-state index is 0.0502. The van der Waals surface area contributed by atoms with Crippen LogP contribution in [0, 0.1) is 0 Å². The summed E-state index contributed by atoms with van der Waals surface area (Å²) in [6, 6.07) is 0. The molecule has 0 radical (unpaired) electrons. The molecule has 57 heavy (non-hydrogen) atoms. The molecule has 0 fully saturated rings. The molecule has 0 spiro atoms. The summed E-state index contributed by atoms with van der Waals surface area (Å²) in [7, 11) is 1.10. The smallest absolute Gasteiger partial charge is 0.306 e. The number of aliphatic hydroxyl groups is 1. The van der Waals surface area contributed by atoms with E-state index in [1.54, 1.807) is 0 Å². The van der Waals surface area contributed by atoms with Crippen LogP contribution in [0.5, 0.6) is 0 Å². The summed E-state index contributed by atoms with van der Waals surface area (Å²) in [5.74, 6) is -0.928. The maximum Gasteiger partial charge on any atom is 0.306 e. The molecule has 3 atom stereocenters. The highest BCUT2D eigenvalue weighted by Crippen LogP contribution is 2.38. The molecule has 0 saturated heterocycles. The van der Waals surface area contributed by atoms with Gasteiger partial charge < -0.3 is 33.0 Å². The molecule has 330 valence electrons. The summed E-state index contributed by atoms with van der Waals surface area (Å²) < 4.78 is 33.8. The van der Waals surface area contributed by atoms with Crippen LogP contribution in [0.4, 0.5) is 0 Å². The van der Waals surface area contributed by atoms with Crippen molar-refractivity contribution in [2.45, 2.75) is 174 Å². The van der Waals surface area contributed by atoms with Crippen molar-refractivity contribution in [1.29, 1.82) is 0 Å². The molecule has 0 aliphatic heterocycles. The zero-order valence-corrected chi connectivity index (χ0v) is 37.5. The Morgan fingerprint density at radius 2 is 1.12 bits per heavy atom. The van der Waals surface area contributed by atoms with E-state index < -0.39 is 32.5 Å². The molecule has 1 unspecified atom stereocenters. The Bertz CT molecular complexity index is 1170. The van der Waals surface area contributed by atoms with Gasteiger partial charge in [0.1, 0.15) is 19.8 Å². The summed E-state index contributed by atoms with van der Waals surface area (Å²) in [6.07, 6.45) is 41.9. The molecular weight excluding hydrogens is 741 g/mol. The molecule has 0 aromatic carbocycles. The minimum atomic E-state index is -4.65. The number of allylic oxidation sites excluding steroid dienone is 10. The van der Waals surface area contributed by atoms with E-state index in [9.17, 15) is 24.2 Å². The summed E-state index contributed by atoms with van der Waals surface area (Å²) in [4.78, 5) is 37.5. The third kappa shape index (κ3) is 41.6. The molecule has 0 aliphatic rings. The molecule has 1 N–H and O–H groups in total. The van der Waals surface area contributed by atoms with Gasteiger partial charge in [-0.25, -0.2) is 0 Å². The number of esters is 2. The second kappa shape index (κ2) is 37.9. The quantitative estimate of drug-likeness (QED) is 0.0212. The first-order valence-corrected chi connectivity index (χ1v) is 23.5. The van der Waals surface area contributed by atoms with Crippen molar-refractivity contribution in [2.75, 3.05) is 47.5 Å². The molecule has 0 rings (SSSR count). The molecule has 0 aromatic heterocycles. The van der Waals surface area contributed by atoms with E-state index in [-0.39, 0.29) is 32.2 Å². The summed E-state index contributed by atoms with van der Waals surface area (Å²) in [5.41, 5.74) is 0. The maximum absolute atomic E-state index is 12.6. The summed E-state index contributed by atoms with van der Waals surface area (Å²) >= 11 is 0. The van der Waals surface area contributed by atoms with Gasteiger partial charge in [0.15, 0.2) is 6.10 Å². The number of unbranched alkanes of at least 4 members (excludes halogenated alkanes) is 12. The molecule has 11 heteroatoms. The number of likely N-dealkylation sites (N-methyl/N-ethyl adjacent to an activating group) is 1. The van der Waals surface area contributed by atoms with Crippen LogP contribution >= 0.6 is 7.82 Å². The van der Waals surface area contributed by atoms with Crippen molar-refractivity contribution in [3.63, 3.8) is 0 Å². The summed E-state index contributed by atoms with van der Waals surface area (Å²) in [5, 5.41) is 9.57. The number of carbonyl (C=O) groups is 2. The largest absolute Gasteiger partial charge is 0.756 e. The number of phosphoric acid groups is 1. The Morgan fingerprint density at radius 3 is 1.70 bits per heavy atom. The normalized spacial score (nSPS) is 14.7. The number of rotatable bonds is 39. The van der Waals surface area contributed by atoms with Crippen molar-refractivity contribution >= 4 is 19.8 Å². The fourth-order valence-electron chi connectivity index (χ4n) is 5.50. The lowest BCUT2D eigenvalue weighted by Crippen LogP contribution is -2.37. The lowest BCUT2D eigenvalue weighted by atomic mass is 10.1. The number of hydrogen-bond donors (Lipinski definition) is 1. The van der Waals surface area contributed by atoms with E-state index in [2.05, 4.69) is 61.6 Å². The molecule has 0 aromatic rings. The monoisotopic (exact) mass is 824 g/mol. The average Bonchev–Trinajstić information content (AvgIpc) is 3.16. The van der Waals surface area contributed by atoms with Crippen LogP contribution in [-0.4, -0.2) is 81.2 Å². The number of quaternary nitrogens is 1. The molecular formula is C46H82NO9P. The van der Waals surface area contributed by atoms with Crippen molar-refractivity contribution in [1.82, 2.24) is 0 Å². The van der Waals surface area contributed by atoms with Gasteiger partial charge in [-0.15, -0.1) is 0 Å². The molecule has 0 amide bonds. The van der Waals surface area contributed by atoms with Gasteiger partial charge in [-0.3, -0.25) is 14.2 Å². The van der Waals surface area contributed by atoms with Crippen molar-refractivity contribution in [2.24, 2.45) is 0 Å². The Morgan fingerprint density at radius 1 is 0.632 bits per heavy atom. The van der Waals surface area contributed by atoms with E-state index in [1.807, 2.05) is 34.1 Å². The van der Waals surface area contributed by atoms with Gasteiger partial charge in [-0.2, -0.15) is 0 Å². The highest BCUT2D eigenvalue weighted by molar-refractivity contribution is 7.45. The Balaban J connectivity index is 4.48. The van der Waals surface area contributed by atoms with Crippen LogP contribution < -0.4 is 4.89 Å². The predicted octanol–water partition coefficient (Wildman–Crippen LogP) is 10.8. The molecule has 10 nitrogen and oxygen atoms in total. The van der Waals surface area contributed by atoms with Gasteiger partial charge in [0.2, 0.25) is 0 Å². The molecule has 0 saturated carbocycles. The van der Waals surface area contributed by atoms with E-state index in [1.165, 1.54) is 51.4 Å². The van der Waals surface area contributed by atoms with E-state index in [4.69, 9.17) is 18.5 Å². The lowest BCUT2D eigenvalue weighted by molar-refractivity contribution is -0.870. The van der Waals surface area contributed by atoms with E-state index in [0.29, 0.717) is 30.3 Å². The van der Waals surface area contributed by atoms with Crippen LogP contribution in [0.15, 0.2) is 60.8 Å². The predicted molar refractivity (Wildman–Crippen MR) is 232 cm³/mol. The third-order valence-electron chi connectivity index (χ3n) is 9.17. The Labute approximate surface area is 348 Å². The fraction of sp³-hybridized carbons (Fsp3) is 0.739. The van der Waals surface area contributed by atoms with Crippen LogP contribution in [0.3, 0.4) is 0 Å². The number of carbonyl (C=O) groups excluding carboxylic acids is 2. The van der Waals surface area contributed by atoms with E-state index in [0.717, 1.165) is 64.2 Å². The van der Waals surface area contributed by atoms with Crippen LogP contribution in [0.2, 0.25) is 0 Å². The minimum Gasteiger partial charge on any atom is -0.756 e. The fourth-order valence-corrected chi connectivity index (χ4v) is 6.23. The van der Waals surface area contributed by atoms with Crippen molar-refractivity contribution in [3.05, 3.63) is 60.8 Å². The van der Waals surface area contributed by atoms with E-state index >= 15 is 0 Å². The lowest BCUT2D eigenvalue weighted by Gasteiger charge is -2.28. The van der Waals surface area contributed by atoms with Crippen LogP contribution in [0.1, 0.15) is 162 Å². The second-order valence-corrected chi connectivity index (χ2v) is 17.3. The van der Waals surface area contributed by atoms with Crippen molar-refractivity contribution < 1.29 is 47.2 Å². The standard InChI is InChI=1S/C46H82NO9P/c1-6-8-9-10-11-12-13-14-15-19-22-25-28-31-34-37-45(49)53-41-44(42-55-57(51,52)54-40-39-47(3,4)5)56-46(50)38-35-32-29-26-23-20-17-16-18-21-24-27-30-33-36-43(48)7-2/h12-13,17-18,20-21,26-27,29-30,43-44,48H,6-11,14-16,19,22-25,28,31-42H2,1-5H3/b13-12-,20-17-,21-18-,29-26-,30-27-/t43-,44-/m1/s1. The first-order chi connectivity index (χ1) is 27.4. The first kappa shape index (κ1) is 54.7. The first-order valence-electron chi connectivity index (χ1n) is 22.1. The topological polar surface area (TPSA) is 131 Å². The Kier molecular flexibility index (Phi) is 36.4. The van der Waals surface area contributed by atoms with Crippen LogP contribution in [-0.2, 0) is 32.7 Å².